The topological polar surface area (TPSA) is 28.5 Å². The molecule has 0 saturated carbocycles. The van der Waals surface area contributed by atoms with E-state index in [1.165, 1.54) is 40.6 Å². The Kier molecular flexibility index (Phi) is 5.18. The number of carbonyl (C=O) groups excluding carboxylic acids is 1. The van der Waals surface area contributed by atoms with Gasteiger partial charge in [-0.3, -0.25) is 9.69 Å². The van der Waals surface area contributed by atoms with Gasteiger partial charge in [0, 0.05) is 34.2 Å². The summed E-state index contributed by atoms with van der Waals surface area (Å²) in [5.74, 6) is 0.276. The number of halogens is 1. The predicted octanol–water partition coefficient (Wildman–Crippen LogP) is 4.43. The van der Waals surface area contributed by atoms with Crippen molar-refractivity contribution in [1.29, 1.82) is 0 Å². The van der Waals surface area contributed by atoms with Crippen LogP contribution < -0.4 is 0 Å². The van der Waals surface area contributed by atoms with Crippen LogP contribution in [0, 0.1) is 0 Å². The maximum Gasteiger partial charge on any atom is 0.237 e. The lowest BCUT2D eigenvalue weighted by Gasteiger charge is -2.30. The number of carbonyl (C=O) groups is 1. The van der Waals surface area contributed by atoms with E-state index in [2.05, 4.69) is 78.8 Å². The smallest absolute Gasteiger partial charge is 0.237 e. The fourth-order valence-corrected chi connectivity index (χ4v) is 5.06. The number of likely N-dealkylation sites (tertiary alicyclic amines) is 1. The summed E-state index contributed by atoms with van der Waals surface area (Å²) in [6, 6.07) is 17.2. The van der Waals surface area contributed by atoms with Gasteiger partial charge in [-0.05, 0) is 61.7 Å². The first-order valence-corrected chi connectivity index (χ1v) is 11.3. The second kappa shape index (κ2) is 7.96. The number of benzene rings is 2. The normalized spacial score (nSPS) is 17.1. The van der Waals surface area contributed by atoms with Crippen molar-refractivity contribution in [2.24, 2.45) is 0 Å². The van der Waals surface area contributed by atoms with Crippen molar-refractivity contribution in [3.05, 3.63) is 69.8 Å². The van der Waals surface area contributed by atoms with E-state index in [1.54, 1.807) is 0 Å². The Morgan fingerprint density at radius 2 is 1.72 bits per heavy atom. The van der Waals surface area contributed by atoms with Crippen molar-refractivity contribution in [3.8, 4) is 0 Å². The molecule has 150 valence electrons. The average molecular weight is 452 g/mol. The quantitative estimate of drug-likeness (QED) is 0.586. The van der Waals surface area contributed by atoms with Crippen molar-refractivity contribution in [3.63, 3.8) is 0 Å². The molecular weight excluding hydrogens is 426 g/mol. The number of aromatic nitrogens is 1. The van der Waals surface area contributed by atoms with E-state index in [-0.39, 0.29) is 5.91 Å². The van der Waals surface area contributed by atoms with E-state index in [4.69, 9.17) is 0 Å². The summed E-state index contributed by atoms with van der Waals surface area (Å²) >= 11 is 3.53. The zero-order valence-corrected chi connectivity index (χ0v) is 18.2. The van der Waals surface area contributed by atoms with Gasteiger partial charge in [0.15, 0.2) is 0 Å². The molecule has 0 spiro atoms. The first-order chi connectivity index (χ1) is 14.2. The van der Waals surface area contributed by atoms with Crippen LogP contribution in [0.5, 0.6) is 0 Å². The van der Waals surface area contributed by atoms with Crippen LogP contribution in [0.4, 0.5) is 0 Å². The van der Waals surface area contributed by atoms with Crippen LogP contribution in [0.1, 0.15) is 29.7 Å². The van der Waals surface area contributed by atoms with Crippen LogP contribution in [0.15, 0.2) is 53.0 Å². The molecule has 4 nitrogen and oxygen atoms in total. The van der Waals surface area contributed by atoms with E-state index in [9.17, 15) is 4.79 Å². The first-order valence-electron chi connectivity index (χ1n) is 10.5. The van der Waals surface area contributed by atoms with Crippen molar-refractivity contribution < 1.29 is 4.79 Å². The lowest BCUT2D eigenvalue weighted by atomic mass is 10.0. The van der Waals surface area contributed by atoms with Gasteiger partial charge < -0.3 is 9.47 Å². The van der Waals surface area contributed by atoms with Gasteiger partial charge in [-0.1, -0.05) is 46.3 Å². The molecule has 0 radical (unpaired) electrons. The number of fused-ring (bicyclic) bond motifs is 3. The Morgan fingerprint density at radius 1 is 0.966 bits per heavy atom. The molecular formula is C24H26BrN3O. The first kappa shape index (κ1) is 18.9. The standard InChI is InChI=1S/C24H26BrN3O/c25-19-9-7-18(8-10-19)15-28-22-6-2-1-5-20(22)21-11-14-27(16-23(21)28)24(29)17-26-12-3-4-13-26/h1-2,5-10H,3-4,11-17H2. The van der Waals surface area contributed by atoms with E-state index in [0.717, 1.165) is 37.1 Å². The average Bonchev–Trinajstić information content (AvgIpc) is 3.36. The summed E-state index contributed by atoms with van der Waals surface area (Å²) in [6.07, 6.45) is 3.38. The second-order valence-corrected chi connectivity index (χ2v) is 9.12. The van der Waals surface area contributed by atoms with Gasteiger partial charge >= 0.3 is 0 Å². The molecule has 3 aromatic rings. The van der Waals surface area contributed by atoms with Gasteiger partial charge in [-0.25, -0.2) is 0 Å². The maximum atomic E-state index is 13.0. The third-order valence-corrected chi connectivity index (χ3v) is 6.86. The van der Waals surface area contributed by atoms with E-state index >= 15 is 0 Å². The minimum atomic E-state index is 0.276. The molecule has 2 aliphatic rings. The van der Waals surface area contributed by atoms with Gasteiger partial charge in [0.2, 0.25) is 5.91 Å². The minimum Gasteiger partial charge on any atom is -0.338 e. The monoisotopic (exact) mass is 451 g/mol. The Labute approximate surface area is 180 Å². The molecule has 2 aromatic carbocycles. The third-order valence-electron chi connectivity index (χ3n) is 6.33. The van der Waals surface area contributed by atoms with Gasteiger partial charge in [-0.15, -0.1) is 0 Å². The summed E-state index contributed by atoms with van der Waals surface area (Å²) in [4.78, 5) is 17.3. The van der Waals surface area contributed by atoms with Gasteiger partial charge in [0.1, 0.15) is 0 Å². The largest absolute Gasteiger partial charge is 0.338 e. The minimum absolute atomic E-state index is 0.276. The van der Waals surface area contributed by atoms with Crippen molar-refractivity contribution in [2.75, 3.05) is 26.2 Å². The van der Waals surface area contributed by atoms with Crippen molar-refractivity contribution >= 4 is 32.7 Å². The van der Waals surface area contributed by atoms with Crippen LogP contribution in [0.3, 0.4) is 0 Å². The van der Waals surface area contributed by atoms with E-state index in [1.807, 2.05) is 0 Å². The van der Waals surface area contributed by atoms with Crippen LogP contribution >= 0.6 is 15.9 Å². The molecule has 0 N–H and O–H groups in total. The highest BCUT2D eigenvalue weighted by Crippen LogP contribution is 2.32. The van der Waals surface area contributed by atoms with Crippen LogP contribution in [0.25, 0.3) is 10.9 Å². The molecule has 1 fully saturated rings. The number of amides is 1. The van der Waals surface area contributed by atoms with E-state index < -0.39 is 0 Å². The maximum absolute atomic E-state index is 13.0. The molecule has 1 aromatic heterocycles. The molecule has 29 heavy (non-hydrogen) atoms. The number of rotatable bonds is 4. The van der Waals surface area contributed by atoms with Gasteiger partial charge in [0.05, 0.1) is 13.1 Å². The van der Waals surface area contributed by atoms with Crippen molar-refractivity contribution in [2.45, 2.75) is 32.4 Å². The van der Waals surface area contributed by atoms with Gasteiger partial charge in [0.25, 0.3) is 0 Å². The van der Waals surface area contributed by atoms with Crippen molar-refractivity contribution in [1.82, 2.24) is 14.4 Å². The summed E-state index contributed by atoms with van der Waals surface area (Å²) in [7, 11) is 0. The lowest BCUT2D eigenvalue weighted by molar-refractivity contribution is -0.133. The highest BCUT2D eigenvalue weighted by Gasteiger charge is 2.27. The molecule has 0 atom stereocenters. The number of para-hydroxylation sites is 1. The lowest BCUT2D eigenvalue weighted by Crippen LogP contribution is -2.42. The summed E-state index contributed by atoms with van der Waals surface area (Å²) in [6.45, 7) is 5.07. The summed E-state index contributed by atoms with van der Waals surface area (Å²) in [5.41, 5.74) is 5.27. The molecule has 1 saturated heterocycles. The second-order valence-electron chi connectivity index (χ2n) is 8.20. The highest BCUT2D eigenvalue weighted by atomic mass is 79.9. The van der Waals surface area contributed by atoms with Gasteiger partial charge in [-0.2, -0.15) is 0 Å². The predicted molar refractivity (Wildman–Crippen MR) is 120 cm³/mol. The SMILES string of the molecule is O=C(CN1CCCC1)N1CCc2c(n(Cc3ccc(Br)cc3)c3ccccc23)C1. The fourth-order valence-electron chi connectivity index (χ4n) is 4.79. The third kappa shape index (κ3) is 3.74. The Morgan fingerprint density at radius 3 is 2.52 bits per heavy atom. The summed E-state index contributed by atoms with van der Waals surface area (Å²) < 4.78 is 3.52. The van der Waals surface area contributed by atoms with Crippen LogP contribution in [-0.2, 0) is 24.3 Å². The Hall–Kier alpha value is -2.11. The molecule has 0 bridgehead atoms. The van der Waals surface area contributed by atoms with Crippen LogP contribution in [0.2, 0.25) is 0 Å². The molecule has 5 rings (SSSR count). The number of nitrogens with zero attached hydrogens (tertiary/aromatic N) is 3. The molecule has 1 amide bonds. The zero-order chi connectivity index (χ0) is 19.8. The molecule has 2 aliphatic heterocycles. The Balaban J connectivity index is 1.46. The van der Waals surface area contributed by atoms with E-state index in [0.29, 0.717) is 13.1 Å². The number of hydrogen-bond donors (Lipinski definition) is 0. The van der Waals surface area contributed by atoms with Crippen LogP contribution in [-0.4, -0.2) is 46.5 Å². The highest BCUT2D eigenvalue weighted by molar-refractivity contribution is 9.10. The summed E-state index contributed by atoms with van der Waals surface area (Å²) in [5, 5.41) is 1.34. The number of hydrogen-bond acceptors (Lipinski definition) is 2. The zero-order valence-electron chi connectivity index (χ0n) is 16.6. The molecule has 0 aliphatic carbocycles. The Bertz CT molecular complexity index is 1030. The molecule has 3 heterocycles. The molecule has 5 heteroatoms. The fraction of sp³-hybridized carbons (Fsp3) is 0.375. The molecule has 0 unspecified atom stereocenters.